The second-order valence-electron chi connectivity index (χ2n) is 9.14. The lowest BCUT2D eigenvalue weighted by molar-refractivity contribution is -0.132. The predicted molar refractivity (Wildman–Crippen MR) is 121 cm³/mol. The van der Waals surface area contributed by atoms with Crippen molar-refractivity contribution in [3.8, 4) is 5.75 Å². The van der Waals surface area contributed by atoms with Crippen molar-refractivity contribution in [2.75, 3.05) is 6.54 Å². The summed E-state index contributed by atoms with van der Waals surface area (Å²) in [6.45, 7) is 8.16. The maximum Gasteiger partial charge on any atom is 0.253 e. The van der Waals surface area contributed by atoms with Crippen LogP contribution in [0.4, 0.5) is 0 Å². The molecule has 1 saturated heterocycles. The molecule has 33 heavy (non-hydrogen) atoms. The second-order valence-corrected chi connectivity index (χ2v) is 9.14. The van der Waals surface area contributed by atoms with Gasteiger partial charge in [-0.3, -0.25) is 19.2 Å². The summed E-state index contributed by atoms with van der Waals surface area (Å²) in [4.78, 5) is 49.5. The van der Waals surface area contributed by atoms with Gasteiger partial charge in [-0.05, 0) is 36.0 Å². The van der Waals surface area contributed by atoms with Gasteiger partial charge in [0, 0.05) is 13.0 Å². The molecular weight excluding hydrogens is 428 g/mol. The van der Waals surface area contributed by atoms with Crippen LogP contribution in [0.3, 0.4) is 0 Å². The topological polar surface area (TPSA) is 163 Å². The van der Waals surface area contributed by atoms with Crippen molar-refractivity contribution >= 4 is 23.6 Å². The van der Waals surface area contributed by atoms with Gasteiger partial charge in [-0.25, -0.2) is 0 Å². The molecular formula is C23H34N4O6. The number of amides is 4. The van der Waals surface area contributed by atoms with Crippen molar-refractivity contribution in [1.82, 2.24) is 16.0 Å². The van der Waals surface area contributed by atoms with Gasteiger partial charge in [-0.1, -0.05) is 39.8 Å². The highest BCUT2D eigenvalue weighted by atomic mass is 16.6. The molecule has 0 spiro atoms. The lowest BCUT2D eigenvalue weighted by atomic mass is 10.0. The zero-order valence-corrected chi connectivity index (χ0v) is 19.5. The number of phenols is 1. The van der Waals surface area contributed by atoms with Crippen molar-refractivity contribution < 1.29 is 29.0 Å². The number of primary amides is 1. The fourth-order valence-electron chi connectivity index (χ4n) is 3.24. The standard InChI is InChI=1S/C23H34N4O6/c1-12(2)9-17(27-23(32)19-18(33-19)22(31)25-11-13(3)4)21(30)26-16(20(24)29)10-14-5-7-15(28)8-6-14/h5-8,12-13,16-19,28H,9-11H2,1-4H3,(H2,24,29)(H,25,31)(H,26,30)(H,27,32)/t16-,17-,18?,19-/m0/s1. The third-order valence-electron chi connectivity index (χ3n) is 5.07. The minimum absolute atomic E-state index is 0.0652. The van der Waals surface area contributed by atoms with Gasteiger partial charge in [-0.2, -0.15) is 0 Å². The minimum atomic E-state index is -1.000. The molecule has 1 aromatic carbocycles. The third kappa shape index (κ3) is 8.38. The Morgan fingerprint density at radius 2 is 1.55 bits per heavy atom. The van der Waals surface area contributed by atoms with Gasteiger partial charge in [0.25, 0.3) is 11.8 Å². The highest BCUT2D eigenvalue weighted by molar-refractivity contribution is 5.97. The van der Waals surface area contributed by atoms with Crippen LogP contribution in [-0.2, 0) is 30.3 Å². The zero-order valence-electron chi connectivity index (χ0n) is 19.5. The number of benzene rings is 1. The van der Waals surface area contributed by atoms with Gasteiger partial charge in [0.2, 0.25) is 11.8 Å². The Bertz CT molecular complexity index is 855. The lowest BCUT2D eigenvalue weighted by Gasteiger charge is -2.23. The largest absolute Gasteiger partial charge is 0.508 e. The van der Waals surface area contributed by atoms with Crippen LogP contribution >= 0.6 is 0 Å². The Morgan fingerprint density at radius 3 is 2.09 bits per heavy atom. The van der Waals surface area contributed by atoms with E-state index in [0.29, 0.717) is 18.5 Å². The molecule has 0 aromatic heterocycles. The number of phenolic OH excluding ortho intramolecular Hbond substituents is 1. The molecule has 1 aliphatic heterocycles. The molecule has 0 saturated carbocycles. The van der Waals surface area contributed by atoms with E-state index in [9.17, 15) is 24.3 Å². The quantitative estimate of drug-likeness (QED) is 0.274. The van der Waals surface area contributed by atoms with Gasteiger partial charge >= 0.3 is 0 Å². The Hall–Kier alpha value is -3.14. The molecule has 0 radical (unpaired) electrons. The summed E-state index contributed by atoms with van der Waals surface area (Å²) in [7, 11) is 0. The van der Waals surface area contributed by atoms with E-state index in [0.717, 1.165) is 0 Å². The normalized spacial score (nSPS) is 19.0. The molecule has 1 fully saturated rings. The number of nitrogens with two attached hydrogens (primary N) is 1. The summed E-state index contributed by atoms with van der Waals surface area (Å²) in [6.07, 6.45) is -1.38. The number of hydrogen-bond donors (Lipinski definition) is 5. The number of carbonyl (C=O) groups excluding carboxylic acids is 4. The molecule has 1 aromatic rings. The first-order valence-electron chi connectivity index (χ1n) is 11.1. The summed E-state index contributed by atoms with van der Waals surface area (Å²) in [6, 6.07) is 4.27. The molecule has 2 rings (SSSR count). The number of ether oxygens (including phenoxy) is 1. The van der Waals surface area contributed by atoms with Crippen LogP contribution in [-0.4, -0.2) is 59.6 Å². The van der Waals surface area contributed by atoms with Crippen LogP contribution in [0.25, 0.3) is 0 Å². The summed E-state index contributed by atoms with van der Waals surface area (Å²) >= 11 is 0. The molecule has 0 aliphatic carbocycles. The van der Waals surface area contributed by atoms with E-state index in [2.05, 4.69) is 16.0 Å². The Labute approximate surface area is 193 Å². The van der Waals surface area contributed by atoms with Crippen LogP contribution in [0.1, 0.15) is 39.7 Å². The van der Waals surface area contributed by atoms with Crippen molar-refractivity contribution in [1.29, 1.82) is 0 Å². The number of epoxide rings is 1. The molecule has 4 atom stereocenters. The summed E-state index contributed by atoms with van der Waals surface area (Å²) in [5, 5.41) is 17.4. The van der Waals surface area contributed by atoms with Gasteiger partial charge in [-0.15, -0.1) is 0 Å². The van der Waals surface area contributed by atoms with Gasteiger partial charge in [0.05, 0.1) is 0 Å². The lowest BCUT2D eigenvalue weighted by Crippen LogP contribution is -2.54. The fourth-order valence-corrected chi connectivity index (χ4v) is 3.24. The monoisotopic (exact) mass is 462 g/mol. The Balaban J connectivity index is 1.99. The molecule has 4 amide bonds. The average molecular weight is 463 g/mol. The van der Waals surface area contributed by atoms with E-state index in [1.807, 2.05) is 27.7 Å². The van der Waals surface area contributed by atoms with Crippen molar-refractivity contribution in [2.24, 2.45) is 17.6 Å². The maximum absolute atomic E-state index is 12.9. The molecule has 1 aliphatic rings. The molecule has 0 bridgehead atoms. The first-order chi connectivity index (χ1) is 15.5. The molecule has 182 valence electrons. The van der Waals surface area contributed by atoms with Gasteiger partial charge in [0.15, 0.2) is 12.2 Å². The van der Waals surface area contributed by atoms with E-state index in [4.69, 9.17) is 10.5 Å². The third-order valence-corrected chi connectivity index (χ3v) is 5.07. The number of nitrogens with one attached hydrogen (secondary N) is 3. The molecule has 6 N–H and O–H groups in total. The molecule has 1 heterocycles. The zero-order chi connectivity index (χ0) is 24.7. The molecule has 10 nitrogen and oxygen atoms in total. The Kier molecular flexibility index (Phi) is 9.22. The predicted octanol–water partition coefficient (Wildman–Crippen LogP) is -0.0247. The SMILES string of the molecule is CC(C)CNC(=O)C1O[C@@H]1C(=O)N[C@@H](CC(C)C)C(=O)N[C@@H](Cc1ccc(O)cc1)C(N)=O. The summed E-state index contributed by atoms with van der Waals surface area (Å²) < 4.78 is 5.22. The van der Waals surface area contributed by atoms with Crippen molar-refractivity contribution in [2.45, 2.75) is 64.8 Å². The van der Waals surface area contributed by atoms with Crippen molar-refractivity contribution in [3.05, 3.63) is 29.8 Å². The number of hydrogen-bond acceptors (Lipinski definition) is 6. The van der Waals surface area contributed by atoms with Crippen LogP contribution < -0.4 is 21.7 Å². The molecule has 1 unspecified atom stereocenters. The van der Waals surface area contributed by atoms with Crippen LogP contribution in [0.2, 0.25) is 0 Å². The second kappa shape index (κ2) is 11.6. The van der Waals surface area contributed by atoms with Crippen LogP contribution in [0.15, 0.2) is 24.3 Å². The first-order valence-corrected chi connectivity index (χ1v) is 11.1. The van der Waals surface area contributed by atoms with Crippen LogP contribution in [0, 0.1) is 11.8 Å². The minimum Gasteiger partial charge on any atom is -0.508 e. The van der Waals surface area contributed by atoms with Crippen LogP contribution in [0.5, 0.6) is 5.75 Å². The smallest absolute Gasteiger partial charge is 0.253 e. The maximum atomic E-state index is 12.9. The highest BCUT2D eigenvalue weighted by Gasteiger charge is 2.51. The van der Waals surface area contributed by atoms with Gasteiger partial charge in [0.1, 0.15) is 17.8 Å². The molecule has 10 heteroatoms. The highest BCUT2D eigenvalue weighted by Crippen LogP contribution is 2.23. The van der Waals surface area contributed by atoms with E-state index < -0.39 is 42.0 Å². The first kappa shape index (κ1) is 26.1. The summed E-state index contributed by atoms with van der Waals surface area (Å²) in [5.41, 5.74) is 6.17. The average Bonchev–Trinajstić information content (AvgIpc) is 3.53. The number of rotatable bonds is 12. The summed E-state index contributed by atoms with van der Waals surface area (Å²) in [5.74, 6) is -1.79. The Morgan fingerprint density at radius 1 is 0.939 bits per heavy atom. The number of carbonyl (C=O) groups is 4. The fraction of sp³-hybridized carbons (Fsp3) is 0.565. The van der Waals surface area contributed by atoms with E-state index >= 15 is 0 Å². The van der Waals surface area contributed by atoms with E-state index in [1.54, 1.807) is 12.1 Å². The van der Waals surface area contributed by atoms with Gasteiger partial charge < -0.3 is 31.5 Å². The van der Waals surface area contributed by atoms with E-state index in [-0.39, 0.29) is 29.9 Å². The van der Waals surface area contributed by atoms with Crippen molar-refractivity contribution in [3.63, 3.8) is 0 Å². The van der Waals surface area contributed by atoms with E-state index in [1.165, 1.54) is 12.1 Å². The number of aromatic hydroxyl groups is 1.